The van der Waals surface area contributed by atoms with Crippen LogP contribution in [0.1, 0.15) is 89.4 Å². The van der Waals surface area contributed by atoms with Gasteiger partial charge in [0, 0.05) is 36.1 Å². The fraction of sp³-hybridized carbons (Fsp3) is 0.564. The Hall–Kier alpha value is -3.89. The number of rotatable bonds is 27. The first-order valence-electron chi connectivity index (χ1n) is 17.6. The predicted octanol–water partition coefficient (Wildman–Crippen LogP) is 7.96. The molecule has 0 saturated carbocycles. The molecule has 2 aromatic rings. The van der Waals surface area contributed by atoms with E-state index < -0.39 is 30.1 Å². The van der Waals surface area contributed by atoms with Gasteiger partial charge in [-0.3, -0.25) is 0 Å². The number of carboxylic acids is 1. The lowest BCUT2D eigenvalue weighted by Gasteiger charge is -2.23. The third-order valence-electron chi connectivity index (χ3n) is 8.33. The molecule has 10 nitrogen and oxygen atoms in total. The Kier molecular flexibility index (Phi) is 19.8. The molecule has 0 radical (unpaired) electrons. The van der Waals surface area contributed by atoms with Crippen molar-refractivity contribution in [3.63, 3.8) is 0 Å². The predicted molar refractivity (Wildman–Crippen MR) is 190 cm³/mol. The number of carbonyl (C=O) groups excluding carboxylic acids is 2. The smallest absolute Gasteiger partial charge is 0.339 e. The van der Waals surface area contributed by atoms with Crippen LogP contribution in [0.5, 0.6) is 11.5 Å². The molecule has 0 aliphatic rings. The quantitative estimate of drug-likeness (QED) is 0.0732. The second-order valence-corrected chi connectivity index (χ2v) is 12.2. The van der Waals surface area contributed by atoms with Gasteiger partial charge in [-0.15, -0.1) is 0 Å². The van der Waals surface area contributed by atoms with Crippen LogP contribution in [0.15, 0.2) is 55.6 Å². The lowest BCUT2D eigenvalue weighted by molar-refractivity contribution is -0.149. The molecule has 0 bridgehead atoms. The normalized spacial score (nSPS) is 13.6. The van der Waals surface area contributed by atoms with Gasteiger partial charge < -0.3 is 33.5 Å². The van der Waals surface area contributed by atoms with Gasteiger partial charge in [-0.05, 0) is 30.7 Å². The minimum Gasteiger partial charge on any atom is -0.489 e. The number of fused-ring (bicyclic) bond motifs is 1. The summed E-state index contributed by atoms with van der Waals surface area (Å²) in [4.78, 5) is 36.8. The molecular formula is C39H56O10. The fourth-order valence-corrected chi connectivity index (χ4v) is 5.29. The Labute approximate surface area is 291 Å². The Balaban J connectivity index is 2.27. The summed E-state index contributed by atoms with van der Waals surface area (Å²) in [5.74, 6) is -1.33. The summed E-state index contributed by atoms with van der Waals surface area (Å²) in [5, 5.41) is 11.3. The topological polar surface area (TPSA) is 127 Å². The monoisotopic (exact) mass is 684 g/mol. The largest absolute Gasteiger partial charge is 0.489 e. The number of unbranched alkanes of at least 4 members (excludes halogenated alkanes) is 2. The molecule has 0 amide bonds. The standard InChI is InChI=1S/C39H56O10/c1-7-13-17-28(9-3)22-44-24-30(48-36(40)11-5)26-46-35-21-34(39(42)43)38(33-20-16-15-19-32(33)35)47-27-31(49-37(41)12-6)25-45-23-29(10-4)18-14-8-2/h11-12,15-16,19-21,28-31H,5-10,13-14,17-18,22-27H2,1-4H3,(H,42,43). The summed E-state index contributed by atoms with van der Waals surface area (Å²) >= 11 is 0. The van der Waals surface area contributed by atoms with Crippen LogP contribution in [0.3, 0.4) is 0 Å². The van der Waals surface area contributed by atoms with Crippen LogP contribution in [0.4, 0.5) is 0 Å². The van der Waals surface area contributed by atoms with Crippen molar-refractivity contribution < 1.29 is 47.9 Å². The summed E-state index contributed by atoms with van der Waals surface area (Å²) in [6.45, 7) is 16.5. The number of benzene rings is 2. The molecule has 0 aliphatic carbocycles. The van der Waals surface area contributed by atoms with E-state index in [2.05, 4.69) is 40.9 Å². The van der Waals surface area contributed by atoms with Crippen LogP contribution >= 0.6 is 0 Å². The first-order valence-corrected chi connectivity index (χ1v) is 17.6. The molecule has 0 aromatic heterocycles. The first kappa shape index (κ1) is 41.3. The van der Waals surface area contributed by atoms with Gasteiger partial charge in [-0.1, -0.05) is 104 Å². The highest BCUT2D eigenvalue weighted by Crippen LogP contribution is 2.37. The zero-order valence-corrected chi connectivity index (χ0v) is 29.8. The average Bonchev–Trinajstić information content (AvgIpc) is 3.11. The van der Waals surface area contributed by atoms with E-state index in [9.17, 15) is 19.5 Å². The highest BCUT2D eigenvalue weighted by atomic mass is 16.6. The van der Waals surface area contributed by atoms with Crippen LogP contribution in [0.2, 0.25) is 0 Å². The van der Waals surface area contributed by atoms with E-state index in [-0.39, 0.29) is 43.5 Å². The van der Waals surface area contributed by atoms with E-state index in [1.54, 1.807) is 24.3 Å². The van der Waals surface area contributed by atoms with Crippen LogP contribution in [-0.2, 0) is 28.5 Å². The molecule has 272 valence electrons. The van der Waals surface area contributed by atoms with Crippen LogP contribution < -0.4 is 9.47 Å². The number of aromatic carboxylic acids is 1. The van der Waals surface area contributed by atoms with Gasteiger partial charge in [-0.25, -0.2) is 14.4 Å². The van der Waals surface area contributed by atoms with E-state index in [0.717, 1.165) is 63.5 Å². The van der Waals surface area contributed by atoms with Crippen molar-refractivity contribution in [2.24, 2.45) is 11.8 Å². The van der Waals surface area contributed by atoms with E-state index >= 15 is 0 Å². The Morgan fingerprint density at radius 2 is 1.20 bits per heavy atom. The van der Waals surface area contributed by atoms with Crippen LogP contribution in [-0.4, -0.2) is 74.9 Å². The first-order chi connectivity index (χ1) is 23.7. The van der Waals surface area contributed by atoms with Gasteiger partial charge in [0.1, 0.15) is 30.3 Å². The molecule has 0 saturated heterocycles. The third kappa shape index (κ3) is 14.6. The number of hydrogen-bond acceptors (Lipinski definition) is 9. The molecule has 2 aromatic carbocycles. The van der Waals surface area contributed by atoms with Gasteiger partial charge in [-0.2, -0.15) is 0 Å². The Bertz CT molecular complexity index is 1320. The van der Waals surface area contributed by atoms with Crippen molar-refractivity contribution in [3.05, 3.63) is 61.2 Å². The van der Waals surface area contributed by atoms with Crippen LogP contribution in [0, 0.1) is 11.8 Å². The number of carboxylic acid groups (broad SMARTS) is 1. The lowest BCUT2D eigenvalue weighted by atomic mass is 10.0. The fourth-order valence-electron chi connectivity index (χ4n) is 5.29. The van der Waals surface area contributed by atoms with E-state index in [1.807, 2.05) is 0 Å². The lowest BCUT2D eigenvalue weighted by Crippen LogP contribution is -2.31. The molecule has 1 N–H and O–H groups in total. The SMILES string of the molecule is C=CC(=O)OC(COCC(CC)CCCC)COc1cc(C(=O)O)c(OCC(COCC(CC)CCCC)OC(=O)C=C)c2ccccc12. The molecule has 49 heavy (non-hydrogen) atoms. The molecule has 4 atom stereocenters. The number of carbonyl (C=O) groups is 3. The summed E-state index contributed by atoms with van der Waals surface area (Å²) < 4.78 is 35.1. The Morgan fingerprint density at radius 3 is 1.65 bits per heavy atom. The molecular weight excluding hydrogens is 628 g/mol. The van der Waals surface area contributed by atoms with Gasteiger partial charge >= 0.3 is 17.9 Å². The van der Waals surface area contributed by atoms with Crippen molar-refractivity contribution in [1.29, 1.82) is 0 Å². The maximum Gasteiger partial charge on any atom is 0.339 e. The number of hydrogen-bond donors (Lipinski definition) is 1. The van der Waals surface area contributed by atoms with Crippen molar-refractivity contribution in [1.82, 2.24) is 0 Å². The van der Waals surface area contributed by atoms with Gasteiger partial charge in [0.05, 0.1) is 13.2 Å². The van der Waals surface area contributed by atoms with Crippen molar-refractivity contribution in [3.8, 4) is 11.5 Å². The molecule has 2 rings (SSSR count). The van der Waals surface area contributed by atoms with E-state index in [1.165, 1.54) is 6.07 Å². The van der Waals surface area contributed by atoms with E-state index in [0.29, 0.717) is 35.8 Å². The minimum atomic E-state index is -1.24. The molecule has 10 heteroatoms. The maximum atomic E-state index is 12.5. The van der Waals surface area contributed by atoms with Crippen molar-refractivity contribution in [2.75, 3.05) is 39.6 Å². The molecule has 0 aliphatic heterocycles. The van der Waals surface area contributed by atoms with Gasteiger partial charge in [0.25, 0.3) is 0 Å². The van der Waals surface area contributed by atoms with Gasteiger partial charge in [0.2, 0.25) is 0 Å². The summed E-state index contributed by atoms with van der Waals surface area (Å²) in [5.41, 5.74) is -0.147. The number of ether oxygens (including phenoxy) is 6. The summed E-state index contributed by atoms with van der Waals surface area (Å²) in [6.07, 6.45) is 9.07. The number of esters is 2. The highest BCUT2D eigenvalue weighted by molar-refractivity contribution is 6.03. The maximum absolute atomic E-state index is 12.5. The molecule has 0 fully saturated rings. The van der Waals surface area contributed by atoms with Crippen molar-refractivity contribution in [2.45, 2.75) is 91.3 Å². The third-order valence-corrected chi connectivity index (χ3v) is 8.33. The van der Waals surface area contributed by atoms with Crippen LogP contribution in [0.25, 0.3) is 10.8 Å². The molecule has 0 spiro atoms. The average molecular weight is 685 g/mol. The Morgan fingerprint density at radius 1 is 0.714 bits per heavy atom. The second-order valence-electron chi connectivity index (χ2n) is 12.2. The molecule has 0 heterocycles. The summed E-state index contributed by atoms with van der Waals surface area (Å²) in [7, 11) is 0. The minimum absolute atomic E-state index is 0.0776. The second kappa shape index (κ2) is 23.5. The zero-order valence-electron chi connectivity index (χ0n) is 29.8. The molecule has 4 unspecified atom stereocenters. The van der Waals surface area contributed by atoms with Crippen molar-refractivity contribution >= 4 is 28.7 Å². The highest BCUT2D eigenvalue weighted by Gasteiger charge is 2.24. The van der Waals surface area contributed by atoms with Gasteiger partial charge in [0.15, 0.2) is 12.2 Å². The van der Waals surface area contributed by atoms with E-state index in [4.69, 9.17) is 28.4 Å². The zero-order chi connectivity index (χ0) is 36.0. The summed E-state index contributed by atoms with van der Waals surface area (Å²) in [6, 6.07) is 8.44.